The monoisotopic (exact) mass is 436 g/mol. The van der Waals surface area contributed by atoms with Gasteiger partial charge in [-0.2, -0.15) is 18.3 Å². The number of phenols is 1. The second-order valence-electron chi connectivity index (χ2n) is 6.91. The van der Waals surface area contributed by atoms with Crippen molar-refractivity contribution in [3.63, 3.8) is 0 Å². The molecule has 2 heterocycles. The number of nitrogens with zero attached hydrogens (tertiary/aromatic N) is 2. The molecule has 0 fully saturated rings. The molecule has 6 nitrogen and oxygen atoms in total. The highest BCUT2D eigenvalue weighted by Crippen LogP contribution is 2.43. The summed E-state index contributed by atoms with van der Waals surface area (Å²) in [7, 11) is 0. The van der Waals surface area contributed by atoms with Gasteiger partial charge in [-0.1, -0.05) is 29.8 Å². The number of fused-ring (bicyclic) bond motifs is 1. The maximum absolute atomic E-state index is 13.7. The molecule has 0 saturated heterocycles. The van der Waals surface area contributed by atoms with Crippen LogP contribution >= 0.6 is 11.6 Å². The van der Waals surface area contributed by atoms with E-state index >= 15 is 0 Å². The first-order chi connectivity index (χ1) is 14.2. The Bertz CT molecular complexity index is 1080. The predicted molar refractivity (Wildman–Crippen MR) is 106 cm³/mol. The molecule has 2 aromatic carbocycles. The van der Waals surface area contributed by atoms with Gasteiger partial charge in [-0.25, -0.2) is 4.68 Å². The highest BCUT2D eigenvalue weighted by molar-refractivity contribution is 6.30. The van der Waals surface area contributed by atoms with Gasteiger partial charge in [0.05, 0.1) is 6.04 Å². The van der Waals surface area contributed by atoms with Crippen molar-refractivity contribution in [1.29, 1.82) is 0 Å². The van der Waals surface area contributed by atoms with Crippen LogP contribution in [-0.4, -0.2) is 27.0 Å². The first-order valence-corrected chi connectivity index (χ1v) is 9.37. The molecule has 0 aliphatic carbocycles. The Kier molecular flexibility index (Phi) is 5.07. The van der Waals surface area contributed by atoms with Crippen molar-refractivity contribution in [3.8, 4) is 5.75 Å². The van der Waals surface area contributed by atoms with Gasteiger partial charge in [-0.05, 0) is 29.8 Å². The number of carbonyl (C=O) groups is 1. The van der Waals surface area contributed by atoms with E-state index in [0.717, 1.165) is 4.68 Å². The molecule has 2 unspecified atom stereocenters. The number of phenolic OH excluding ortho intramolecular Hbond substituents is 1. The zero-order valence-corrected chi connectivity index (χ0v) is 16.1. The number of anilines is 2. The summed E-state index contributed by atoms with van der Waals surface area (Å²) in [5.41, 5.74) is 0.768. The highest BCUT2D eigenvalue weighted by atomic mass is 35.5. The van der Waals surface area contributed by atoms with Gasteiger partial charge in [0.15, 0.2) is 11.7 Å². The number of hydrogen-bond acceptors (Lipinski definition) is 4. The van der Waals surface area contributed by atoms with E-state index in [-0.39, 0.29) is 23.7 Å². The number of amides is 1. The number of carbonyl (C=O) groups excluding carboxylic acids is 1. The molecule has 10 heteroatoms. The van der Waals surface area contributed by atoms with E-state index in [2.05, 4.69) is 15.7 Å². The molecule has 1 aliphatic rings. The fourth-order valence-corrected chi connectivity index (χ4v) is 3.50. The quantitative estimate of drug-likeness (QED) is 0.530. The minimum absolute atomic E-state index is 0.0541. The van der Waals surface area contributed by atoms with E-state index < -0.39 is 24.2 Å². The summed E-state index contributed by atoms with van der Waals surface area (Å²) in [6.07, 6.45) is -4.83. The Morgan fingerprint density at radius 3 is 2.60 bits per heavy atom. The maximum Gasteiger partial charge on any atom is 0.410 e. The average Bonchev–Trinajstić information content (AvgIpc) is 3.11. The largest absolute Gasteiger partial charge is 0.508 e. The molecule has 0 spiro atoms. The summed E-state index contributed by atoms with van der Waals surface area (Å²) in [4.78, 5) is 12.5. The van der Waals surface area contributed by atoms with Crippen LogP contribution in [0.5, 0.6) is 5.75 Å². The fourth-order valence-electron chi connectivity index (χ4n) is 3.38. The molecule has 0 saturated carbocycles. The van der Waals surface area contributed by atoms with Crippen LogP contribution in [0, 0.1) is 0 Å². The van der Waals surface area contributed by atoms with Gasteiger partial charge in [-0.3, -0.25) is 4.79 Å². The number of rotatable bonds is 3. The molecule has 156 valence electrons. The summed E-state index contributed by atoms with van der Waals surface area (Å²) >= 11 is 5.87. The molecule has 1 aromatic heterocycles. The van der Waals surface area contributed by atoms with Gasteiger partial charge in [0.2, 0.25) is 0 Å². The van der Waals surface area contributed by atoms with Crippen LogP contribution in [0.25, 0.3) is 0 Å². The van der Waals surface area contributed by atoms with Crippen LogP contribution < -0.4 is 10.6 Å². The van der Waals surface area contributed by atoms with Crippen molar-refractivity contribution < 1.29 is 23.1 Å². The van der Waals surface area contributed by atoms with Crippen molar-refractivity contribution in [2.24, 2.45) is 0 Å². The highest BCUT2D eigenvalue weighted by Gasteiger charge is 2.46. The lowest BCUT2D eigenvalue weighted by Crippen LogP contribution is -2.35. The molecule has 1 amide bonds. The first-order valence-electron chi connectivity index (χ1n) is 8.99. The Labute approximate surface area is 174 Å². The lowest BCUT2D eigenvalue weighted by atomic mass is 9.97. The second kappa shape index (κ2) is 7.56. The van der Waals surface area contributed by atoms with E-state index in [1.165, 1.54) is 24.3 Å². The Morgan fingerprint density at radius 2 is 1.93 bits per heavy atom. The summed E-state index contributed by atoms with van der Waals surface area (Å²) in [5, 5.41) is 19.4. The molecule has 3 N–H and O–H groups in total. The van der Waals surface area contributed by atoms with Crippen LogP contribution in [-0.2, 0) is 0 Å². The van der Waals surface area contributed by atoms with Crippen molar-refractivity contribution in [2.75, 3.05) is 10.6 Å². The number of aromatic hydroxyl groups is 1. The van der Waals surface area contributed by atoms with E-state index in [9.17, 15) is 23.1 Å². The van der Waals surface area contributed by atoms with Crippen LogP contribution in [0.1, 0.15) is 34.6 Å². The van der Waals surface area contributed by atoms with Crippen LogP contribution in [0.3, 0.4) is 0 Å². The number of alkyl halides is 3. The molecule has 4 rings (SSSR count). The molecule has 1 aliphatic heterocycles. The molecular formula is C20H16ClF3N4O2. The van der Waals surface area contributed by atoms with E-state index in [4.69, 9.17) is 11.6 Å². The molecular weight excluding hydrogens is 421 g/mol. The SMILES string of the molecule is O=C(Nc1cccc(O)c1)c1cc2n(n1)C(C(F)(F)F)CC(c1ccc(Cl)cc1)N2. The maximum atomic E-state index is 13.7. The standard InChI is InChI=1S/C20H16ClF3N4O2/c21-12-6-4-11(5-7-12)15-9-17(20(22,23)24)28-18(26-15)10-16(27-28)19(30)25-13-2-1-3-14(29)8-13/h1-8,10,15,17,26,29H,9H2,(H,25,30). The fraction of sp³-hybridized carbons (Fsp3) is 0.200. The lowest BCUT2D eigenvalue weighted by Gasteiger charge is -2.33. The van der Waals surface area contributed by atoms with E-state index in [1.807, 2.05) is 0 Å². The number of halogens is 4. The predicted octanol–water partition coefficient (Wildman–Crippen LogP) is 5.15. The van der Waals surface area contributed by atoms with E-state index in [1.54, 1.807) is 30.3 Å². The van der Waals surface area contributed by atoms with Crippen LogP contribution in [0.4, 0.5) is 24.7 Å². The minimum atomic E-state index is -4.55. The number of benzene rings is 2. The molecule has 2 atom stereocenters. The van der Waals surface area contributed by atoms with Gasteiger partial charge >= 0.3 is 6.18 Å². The molecule has 3 aromatic rings. The van der Waals surface area contributed by atoms with E-state index in [0.29, 0.717) is 16.3 Å². The lowest BCUT2D eigenvalue weighted by molar-refractivity contribution is -0.173. The first kappa shape index (κ1) is 20.1. The van der Waals surface area contributed by atoms with Crippen molar-refractivity contribution in [2.45, 2.75) is 24.7 Å². The van der Waals surface area contributed by atoms with Gasteiger partial charge in [0, 0.05) is 29.3 Å². The van der Waals surface area contributed by atoms with Gasteiger partial charge in [-0.15, -0.1) is 0 Å². The zero-order chi connectivity index (χ0) is 21.5. The molecule has 30 heavy (non-hydrogen) atoms. The normalized spacial score (nSPS) is 18.4. The molecule has 0 bridgehead atoms. The minimum Gasteiger partial charge on any atom is -0.508 e. The van der Waals surface area contributed by atoms with Gasteiger partial charge in [0.25, 0.3) is 5.91 Å². The number of nitrogens with one attached hydrogen (secondary N) is 2. The zero-order valence-electron chi connectivity index (χ0n) is 15.3. The summed E-state index contributed by atoms with van der Waals surface area (Å²) < 4.78 is 42.0. The third kappa shape index (κ3) is 4.06. The third-order valence-electron chi connectivity index (χ3n) is 4.80. The van der Waals surface area contributed by atoms with Crippen molar-refractivity contribution in [1.82, 2.24) is 9.78 Å². The summed E-state index contributed by atoms with van der Waals surface area (Å²) in [5.74, 6) is -0.653. The van der Waals surface area contributed by atoms with Gasteiger partial charge in [0.1, 0.15) is 11.6 Å². The Balaban J connectivity index is 1.64. The Morgan fingerprint density at radius 1 is 1.20 bits per heavy atom. The van der Waals surface area contributed by atoms with Crippen LogP contribution in [0.2, 0.25) is 5.02 Å². The average molecular weight is 437 g/mol. The van der Waals surface area contributed by atoms with Gasteiger partial charge < -0.3 is 15.7 Å². The smallest absolute Gasteiger partial charge is 0.410 e. The number of aromatic nitrogens is 2. The molecule has 0 radical (unpaired) electrons. The van der Waals surface area contributed by atoms with Crippen LogP contribution in [0.15, 0.2) is 54.6 Å². The topological polar surface area (TPSA) is 79.2 Å². The number of hydrogen-bond donors (Lipinski definition) is 3. The summed E-state index contributed by atoms with van der Waals surface area (Å²) in [6, 6.07) is 11.1. The van der Waals surface area contributed by atoms with Crippen molar-refractivity contribution >= 4 is 29.0 Å². The third-order valence-corrected chi connectivity index (χ3v) is 5.05. The second-order valence-corrected chi connectivity index (χ2v) is 7.34. The van der Waals surface area contributed by atoms with Crippen molar-refractivity contribution in [3.05, 3.63) is 70.9 Å². The Hall–Kier alpha value is -3.20. The summed E-state index contributed by atoms with van der Waals surface area (Å²) in [6.45, 7) is 0.